The van der Waals surface area contributed by atoms with Gasteiger partial charge in [0.05, 0.1) is 5.56 Å². The summed E-state index contributed by atoms with van der Waals surface area (Å²) in [4.78, 5) is 23.4. The molecule has 0 bridgehead atoms. The summed E-state index contributed by atoms with van der Waals surface area (Å²) >= 11 is 0. The quantitative estimate of drug-likeness (QED) is 0.833. The third-order valence-electron chi connectivity index (χ3n) is 3.41. The van der Waals surface area contributed by atoms with E-state index in [9.17, 15) is 9.59 Å². The van der Waals surface area contributed by atoms with Gasteiger partial charge in [0.25, 0.3) is 5.91 Å². The van der Waals surface area contributed by atoms with Crippen LogP contribution in [0.15, 0.2) is 48.5 Å². The SMILES string of the molecule is CC(C)c1ccc(C(=O)COc2ccccc2C(N)=O)cc1. The van der Waals surface area contributed by atoms with Crippen molar-refractivity contribution in [2.45, 2.75) is 19.8 Å². The Morgan fingerprint density at radius 1 is 1.05 bits per heavy atom. The van der Waals surface area contributed by atoms with Gasteiger partial charge < -0.3 is 10.5 Å². The molecular weight excluding hydrogens is 278 g/mol. The highest BCUT2D eigenvalue weighted by Crippen LogP contribution is 2.18. The first-order valence-corrected chi connectivity index (χ1v) is 7.14. The minimum absolute atomic E-state index is 0.134. The summed E-state index contributed by atoms with van der Waals surface area (Å²) < 4.78 is 5.44. The van der Waals surface area contributed by atoms with E-state index in [-0.39, 0.29) is 18.0 Å². The first-order chi connectivity index (χ1) is 10.5. The van der Waals surface area contributed by atoms with Crippen molar-refractivity contribution in [1.29, 1.82) is 0 Å². The number of nitrogens with two attached hydrogens (primary N) is 1. The molecule has 2 N–H and O–H groups in total. The second-order valence-corrected chi connectivity index (χ2v) is 5.35. The molecule has 22 heavy (non-hydrogen) atoms. The van der Waals surface area contributed by atoms with Gasteiger partial charge in [0, 0.05) is 5.56 Å². The van der Waals surface area contributed by atoms with Crippen molar-refractivity contribution in [3.05, 3.63) is 65.2 Å². The minimum atomic E-state index is -0.579. The zero-order valence-corrected chi connectivity index (χ0v) is 12.7. The molecule has 0 aliphatic heterocycles. The number of primary amides is 1. The predicted molar refractivity (Wildman–Crippen MR) is 85.3 cm³/mol. The maximum Gasteiger partial charge on any atom is 0.252 e. The maximum absolute atomic E-state index is 12.1. The molecule has 114 valence electrons. The zero-order valence-electron chi connectivity index (χ0n) is 12.7. The van der Waals surface area contributed by atoms with Crippen molar-refractivity contribution in [2.75, 3.05) is 6.61 Å². The Labute approximate surface area is 129 Å². The fraction of sp³-hybridized carbons (Fsp3) is 0.222. The lowest BCUT2D eigenvalue weighted by molar-refractivity contribution is 0.0912. The Kier molecular flexibility index (Phi) is 4.94. The Morgan fingerprint density at radius 3 is 2.27 bits per heavy atom. The predicted octanol–water partition coefficient (Wildman–Crippen LogP) is 3.17. The second-order valence-electron chi connectivity index (χ2n) is 5.35. The van der Waals surface area contributed by atoms with Crippen LogP contribution in [-0.2, 0) is 0 Å². The van der Waals surface area contributed by atoms with Gasteiger partial charge in [-0.3, -0.25) is 9.59 Å². The van der Waals surface area contributed by atoms with E-state index in [0.717, 1.165) is 0 Å². The number of carbonyl (C=O) groups excluding carboxylic acids is 2. The number of hydrogen-bond donors (Lipinski definition) is 1. The van der Waals surface area contributed by atoms with Gasteiger partial charge in [0.1, 0.15) is 5.75 Å². The van der Waals surface area contributed by atoms with Crippen molar-refractivity contribution in [2.24, 2.45) is 5.73 Å². The number of benzene rings is 2. The van der Waals surface area contributed by atoms with Crippen LogP contribution in [-0.4, -0.2) is 18.3 Å². The maximum atomic E-state index is 12.1. The van der Waals surface area contributed by atoms with E-state index in [4.69, 9.17) is 10.5 Å². The van der Waals surface area contributed by atoms with Gasteiger partial charge >= 0.3 is 0 Å². The van der Waals surface area contributed by atoms with Crippen LogP contribution in [0.2, 0.25) is 0 Å². The lowest BCUT2D eigenvalue weighted by Crippen LogP contribution is -2.16. The second kappa shape index (κ2) is 6.89. The number of hydrogen-bond acceptors (Lipinski definition) is 3. The number of rotatable bonds is 6. The highest BCUT2D eigenvalue weighted by molar-refractivity contribution is 5.98. The minimum Gasteiger partial charge on any atom is -0.485 e. The lowest BCUT2D eigenvalue weighted by atomic mass is 10.0. The van der Waals surface area contributed by atoms with Gasteiger partial charge in [-0.25, -0.2) is 0 Å². The van der Waals surface area contributed by atoms with Gasteiger partial charge in [0.2, 0.25) is 0 Å². The van der Waals surface area contributed by atoms with Crippen LogP contribution < -0.4 is 10.5 Å². The van der Waals surface area contributed by atoms with E-state index in [1.807, 2.05) is 12.1 Å². The fourth-order valence-electron chi connectivity index (χ4n) is 2.08. The first kappa shape index (κ1) is 15.8. The van der Waals surface area contributed by atoms with Crippen molar-refractivity contribution in [1.82, 2.24) is 0 Å². The van der Waals surface area contributed by atoms with Crippen molar-refractivity contribution in [3.8, 4) is 5.75 Å². The molecule has 0 fully saturated rings. The molecule has 0 heterocycles. The van der Waals surface area contributed by atoms with E-state index in [2.05, 4.69) is 13.8 Å². The summed E-state index contributed by atoms with van der Waals surface area (Å²) in [6.45, 7) is 4.06. The molecule has 0 atom stereocenters. The molecule has 2 rings (SSSR count). The van der Waals surface area contributed by atoms with Crippen LogP contribution in [0.3, 0.4) is 0 Å². The monoisotopic (exact) mass is 297 g/mol. The van der Waals surface area contributed by atoms with Crippen LogP contribution in [0.5, 0.6) is 5.75 Å². The van der Waals surface area contributed by atoms with Gasteiger partial charge in [-0.1, -0.05) is 50.2 Å². The summed E-state index contributed by atoms with van der Waals surface area (Å²) in [7, 11) is 0. The van der Waals surface area contributed by atoms with Gasteiger partial charge in [-0.15, -0.1) is 0 Å². The number of ether oxygens (including phenoxy) is 1. The third kappa shape index (κ3) is 3.73. The topological polar surface area (TPSA) is 69.4 Å². The van der Waals surface area contributed by atoms with Crippen LogP contribution in [0.4, 0.5) is 0 Å². The summed E-state index contributed by atoms with van der Waals surface area (Å²) in [5.74, 6) is 0.0175. The Hall–Kier alpha value is -2.62. The number of Topliss-reactive ketones (excluding diaryl/α,β-unsaturated/α-hetero) is 1. The molecule has 0 saturated carbocycles. The van der Waals surface area contributed by atoms with E-state index in [0.29, 0.717) is 17.2 Å². The number of ketones is 1. The van der Waals surface area contributed by atoms with Crippen molar-refractivity contribution < 1.29 is 14.3 Å². The molecule has 1 amide bonds. The molecule has 4 nitrogen and oxygen atoms in total. The number of carbonyl (C=O) groups is 2. The van der Waals surface area contributed by atoms with Gasteiger partial charge in [0.15, 0.2) is 12.4 Å². The number of amides is 1. The number of para-hydroxylation sites is 1. The van der Waals surface area contributed by atoms with Gasteiger partial charge in [-0.2, -0.15) is 0 Å². The Morgan fingerprint density at radius 2 is 1.68 bits per heavy atom. The summed E-state index contributed by atoms with van der Waals surface area (Å²) in [6, 6.07) is 14.1. The Bertz CT molecular complexity index is 675. The summed E-state index contributed by atoms with van der Waals surface area (Å²) in [5, 5.41) is 0. The normalized spacial score (nSPS) is 10.5. The fourth-order valence-corrected chi connectivity index (χ4v) is 2.08. The van der Waals surface area contributed by atoms with Crippen LogP contribution in [0, 0.1) is 0 Å². The molecule has 0 radical (unpaired) electrons. The molecule has 4 heteroatoms. The molecular formula is C18H19NO3. The zero-order chi connectivity index (χ0) is 16.1. The smallest absolute Gasteiger partial charge is 0.252 e. The molecule has 0 spiro atoms. The van der Waals surface area contributed by atoms with Crippen LogP contribution in [0.1, 0.15) is 46.0 Å². The lowest BCUT2D eigenvalue weighted by Gasteiger charge is -2.09. The molecule has 2 aromatic rings. The van der Waals surface area contributed by atoms with E-state index in [1.165, 1.54) is 5.56 Å². The average Bonchev–Trinajstić information content (AvgIpc) is 2.52. The molecule has 0 saturated heterocycles. The molecule has 0 unspecified atom stereocenters. The van der Waals surface area contributed by atoms with E-state index >= 15 is 0 Å². The highest BCUT2D eigenvalue weighted by atomic mass is 16.5. The largest absolute Gasteiger partial charge is 0.485 e. The molecule has 2 aromatic carbocycles. The van der Waals surface area contributed by atoms with Crippen molar-refractivity contribution >= 4 is 11.7 Å². The summed E-state index contributed by atoms with van der Waals surface area (Å²) in [5.41, 5.74) is 7.30. The standard InChI is InChI=1S/C18H19NO3/c1-12(2)13-7-9-14(10-8-13)16(20)11-22-17-6-4-3-5-15(17)18(19)21/h3-10,12H,11H2,1-2H3,(H2,19,21). The van der Waals surface area contributed by atoms with Crippen LogP contribution in [0.25, 0.3) is 0 Å². The first-order valence-electron chi connectivity index (χ1n) is 7.14. The van der Waals surface area contributed by atoms with Crippen LogP contribution >= 0.6 is 0 Å². The third-order valence-corrected chi connectivity index (χ3v) is 3.41. The van der Waals surface area contributed by atoms with E-state index in [1.54, 1.807) is 36.4 Å². The molecule has 0 aliphatic rings. The molecule has 0 aromatic heterocycles. The summed E-state index contributed by atoms with van der Waals surface area (Å²) in [6.07, 6.45) is 0. The highest BCUT2D eigenvalue weighted by Gasteiger charge is 2.12. The average molecular weight is 297 g/mol. The van der Waals surface area contributed by atoms with Crippen molar-refractivity contribution in [3.63, 3.8) is 0 Å². The van der Waals surface area contributed by atoms with Gasteiger partial charge in [-0.05, 0) is 23.6 Å². The Balaban J connectivity index is 2.05. The molecule has 0 aliphatic carbocycles. The van der Waals surface area contributed by atoms with E-state index < -0.39 is 5.91 Å².